The molecule has 0 N–H and O–H groups in total. The first kappa shape index (κ1) is 26.6. The van der Waals surface area contributed by atoms with Gasteiger partial charge in [-0.25, -0.2) is 14.6 Å². The summed E-state index contributed by atoms with van der Waals surface area (Å²) in [5.74, 6) is 0.847. The van der Waals surface area contributed by atoms with Gasteiger partial charge in [0.2, 0.25) is 0 Å². The van der Waals surface area contributed by atoms with Crippen molar-refractivity contribution in [1.82, 2.24) is 9.88 Å². The van der Waals surface area contributed by atoms with Crippen LogP contribution in [0.1, 0.15) is 58.9 Å². The number of carbonyl (C=O) groups is 2. The average Bonchev–Trinajstić information content (AvgIpc) is 3.34. The molecular weight excluding hydrogens is 504 g/mol. The van der Waals surface area contributed by atoms with Crippen LogP contribution in [0.3, 0.4) is 0 Å². The maximum atomic E-state index is 12.6. The molecule has 3 aliphatic rings. The number of benzene rings is 1. The first-order chi connectivity index (χ1) is 18.1. The molecule has 1 saturated carbocycles. The van der Waals surface area contributed by atoms with Crippen LogP contribution in [0.15, 0.2) is 17.5 Å². The molecule has 10 heteroatoms. The van der Waals surface area contributed by atoms with Crippen LogP contribution in [0.25, 0.3) is 11.3 Å². The van der Waals surface area contributed by atoms with Crippen molar-refractivity contribution >= 4 is 34.3 Å². The van der Waals surface area contributed by atoms with E-state index < -0.39 is 5.60 Å². The van der Waals surface area contributed by atoms with Gasteiger partial charge in [-0.05, 0) is 71.9 Å². The molecule has 1 aliphatic carbocycles. The van der Waals surface area contributed by atoms with Crippen LogP contribution in [0.4, 0.5) is 20.4 Å². The fourth-order valence-electron chi connectivity index (χ4n) is 5.11. The number of thiazole rings is 1. The smallest absolute Gasteiger partial charge is 0.414 e. The van der Waals surface area contributed by atoms with E-state index in [0.717, 1.165) is 59.1 Å². The normalized spacial score (nSPS) is 20.0. The summed E-state index contributed by atoms with van der Waals surface area (Å²) < 4.78 is 17.2. The predicted molar refractivity (Wildman–Crippen MR) is 149 cm³/mol. The number of ether oxygens (including phenoxy) is 3. The van der Waals surface area contributed by atoms with Gasteiger partial charge in [-0.2, -0.15) is 0 Å². The molecule has 1 atom stereocenters. The van der Waals surface area contributed by atoms with E-state index in [1.807, 2.05) is 32.9 Å². The van der Waals surface area contributed by atoms with E-state index >= 15 is 0 Å². The summed E-state index contributed by atoms with van der Waals surface area (Å²) in [5, 5.41) is 3.01. The van der Waals surface area contributed by atoms with Gasteiger partial charge in [0.25, 0.3) is 0 Å². The van der Waals surface area contributed by atoms with Gasteiger partial charge in [-0.15, -0.1) is 11.3 Å². The molecule has 0 radical (unpaired) electrons. The summed E-state index contributed by atoms with van der Waals surface area (Å²) >= 11 is 1.60. The number of piperazine rings is 1. The second-order valence-electron chi connectivity index (χ2n) is 11.3. The molecule has 2 fully saturated rings. The summed E-state index contributed by atoms with van der Waals surface area (Å²) in [6.07, 6.45) is 4.54. The maximum Gasteiger partial charge on any atom is 0.414 e. The number of methoxy groups -OCH3 is 1. The molecule has 2 amide bonds. The van der Waals surface area contributed by atoms with Crippen molar-refractivity contribution in [3.8, 4) is 17.0 Å². The van der Waals surface area contributed by atoms with Gasteiger partial charge in [-0.3, -0.25) is 4.90 Å². The third kappa shape index (κ3) is 5.41. The molecule has 0 bridgehead atoms. The van der Waals surface area contributed by atoms with Gasteiger partial charge in [0.05, 0.1) is 24.6 Å². The summed E-state index contributed by atoms with van der Waals surface area (Å²) in [6, 6.07) is 4.09. The zero-order valence-electron chi connectivity index (χ0n) is 23.0. The van der Waals surface area contributed by atoms with Gasteiger partial charge >= 0.3 is 12.2 Å². The summed E-state index contributed by atoms with van der Waals surface area (Å²) in [4.78, 5) is 35.8. The number of rotatable bonds is 4. The van der Waals surface area contributed by atoms with E-state index in [0.29, 0.717) is 26.2 Å². The molecule has 1 aromatic heterocycles. The minimum Gasteiger partial charge on any atom is -0.489 e. The minimum absolute atomic E-state index is 0.0579. The van der Waals surface area contributed by atoms with E-state index in [2.05, 4.69) is 17.2 Å². The van der Waals surface area contributed by atoms with Crippen LogP contribution in [0, 0.1) is 0 Å². The fraction of sp³-hybridized carbons (Fsp3) is 0.607. The molecule has 3 heterocycles. The number of amides is 2. The lowest BCUT2D eigenvalue weighted by atomic mass is 9.92. The van der Waals surface area contributed by atoms with Crippen LogP contribution in [-0.2, 0) is 15.9 Å². The Morgan fingerprint density at radius 3 is 2.42 bits per heavy atom. The van der Waals surface area contributed by atoms with Crippen LogP contribution in [-0.4, -0.2) is 73.1 Å². The second kappa shape index (κ2) is 10.6. The Labute approximate surface area is 228 Å². The molecule has 2 aliphatic heterocycles. The number of hydrogen-bond acceptors (Lipinski definition) is 8. The van der Waals surface area contributed by atoms with E-state index in [9.17, 15) is 9.59 Å². The predicted octanol–water partition coefficient (Wildman–Crippen LogP) is 5.71. The first-order valence-corrected chi connectivity index (χ1v) is 14.4. The molecule has 9 nitrogen and oxygen atoms in total. The van der Waals surface area contributed by atoms with Crippen molar-refractivity contribution in [3.63, 3.8) is 0 Å². The van der Waals surface area contributed by atoms with Gasteiger partial charge in [0, 0.05) is 48.7 Å². The Balaban J connectivity index is 1.38. The lowest BCUT2D eigenvalue weighted by molar-refractivity contribution is 0.0240. The highest BCUT2D eigenvalue weighted by Crippen LogP contribution is 2.45. The fourth-order valence-corrected chi connectivity index (χ4v) is 5.99. The number of anilines is 2. The van der Waals surface area contributed by atoms with Crippen molar-refractivity contribution in [2.75, 3.05) is 43.1 Å². The van der Waals surface area contributed by atoms with E-state index in [4.69, 9.17) is 19.2 Å². The van der Waals surface area contributed by atoms with Crippen LogP contribution >= 0.6 is 11.3 Å². The topological polar surface area (TPSA) is 84.4 Å². The monoisotopic (exact) mass is 542 g/mol. The summed E-state index contributed by atoms with van der Waals surface area (Å²) in [6.45, 7) is 10.3. The molecule has 5 rings (SSSR count). The van der Waals surface area contributed by atoms with Crippen LogP contribution in [0.5, 0.6) is 5.75 Å². The van der Waals surface area contributed by atoms with Crippen molar-refractivity contribution in [2.45, 2.75) is 77.5 Å². The Hall–Kier alpha value is -3.01. The van der Waals surface area contributed by atoms with Crippen molar-refractivity contribution < 1.29 is 23.8 Å². The van der Waals surface area contributed by atoms with E-state index in [-0.39, 0.29) is 24.3 Å². The number of fused-ring (bicyclic) bond motifs is 1. The maximum absolute atomic E-state index is 12.6. The highest BCUT2D eigenvalue weighted by atomic mass is 32.1. The Morgan fingerprint density at radius 1 is 1.05 bits per heavy atom. The van der Waals surface area contributed by atoms with Gasteiger partial charge < -0.3 is 24.0 Å². The molecule has 2 aromatic rings. The highest BCUT2D eigenvalue weighted by molar-refractivity contribution is 7.14. The van der Waals surface area contributed by atoms with Crippen LogP contribution < -0.4 is 14.5 Å². The second-order valence-corrected chi connectivity index (χ2v) is 12.1. The number of nitrogens with zero attached hydrogens (tertiary/aromatic N) is 4. The van der Waals surface area contributed by atoms with Crippen molar-refractivity contribution in [3.05, 3.63) is 23.1 Å². The summed E-state index contributed by atoms with van der Waals surface area (Å²) in [5.41, 5.74) is 3.25. The third-order valence-corrected chi connectivity index (χ3v) is 8.33. The first-order valence-electron chi connectivity index (χ1n) is 13.5. The lowest BCUT2D eigenvalue weighted by Crippen LogP contribution is -2.50. The lowest BCUT2D eigenvalue weighted by Gasteiger charge is -2.37. The Kier molecular flexibility index (Phi) is 7.44. The molecule has 206 valence electrons. The Morgan fingerprint density at radius 2 is 1.79 bits per heavy atom. The number of hydrogen-bond donors (Lipinski definition) is 0. The molecule has 0 spiro atoms. The zero-order valence-corrected chi connectivity index (χ0v) is 23.8. The molecule has 38 heavy (non-hydrogen) atoms. The van der Waals surface area contributed by atoms with E-state index in [1.54, 1.807) is 21.1 Å². The average molecular weight is 543 g/mol. The Bertz CT molecular complexity index is 1180. The zero-order chi connectivity index (χ0) is 27.0. The summed E-state index contributed by atoms with van der Waals surface area (Å²) in [7, 11) is 1.42. The largest absolute Gasteiger partial charge is 0.489 e. The quantitative estimate of drug-likeness (QED) is 0.490. The molecule has 1 saturated heterocycles. The van der Waals surface area contributed by atoms with E-state index in [1.165, 1.54) is 13.5 Å². The third-order valence-electron chi connectivity index (χ3n) is 7.43. The van der Waals surface area contributed by atoms with Gasteiger partial charge in [0.1, 0.15) is 11.4 Å². The molecule has 1 aromatic carbocycles. The molecule has 1 unspecified atom stereocenters. The SMILES string of the molecule is COC(=O)N1c2ccc(-c3csc(N4CCN(C(=O)OC(C)(C)C)CC4)n3)c(OC3CCC3)c2CCC1C. The number of aromatic nitrogens is 1. The minimum atomic E-state index is -0.502. The molecular formula is C28H38N4O5S. The van der Waals surface area contributed by atoms with Crippen LogP contribution in [0.2, 0.25) is 0 Å². The van der Waals surface area contributed by atoms with Crippen molar-refractivity contribution in [1.29, 1.82) is 0 Å². The standard InChI is InChI=1S/C28H38N4O5S/c1-18-9-10-21-23(32(18)27(34)35-5)12-11-20(24(21)36-19-7-6-8-19)22-17-38-25(29-22)30-13-15-31(16-14-30)26(33)37-28(2,3)4/h11-12,17-19H,6-10,13-16H2,1-5H3. The number of carbonyl (C=O) groups excluding carboxylic acids is 2. The van der Waals surface area contributed by atoms with Gasteiger partial charge in [-0.1, -0.05) is 0 Å². The van der Waals surface area contributed by atoms with Gasteiger partial charge in [0.15, 0.2) is 5.13 Å². The van der Waals surface area contributed by atoms with Crippen molar-refractivity contribution in [2.24, 2.45) is 0 Å². The highest BCUT2D eigenvalue weighted by Gasteiger charge is 2.34.